The molecule has 5 aromatic rings. The van der Waals surface area contributed by atoms with Crippen LogP contribution in [0.3, 0.4) is 0 Å². The summed E-state index contributed by atoms with van der Waals surface area (Å²) >= 11 is 0. The normalized spacial score (nSPS) is 10.7. The van der Waals surface area contributed by atoms with E-state index in [1.165, 1.54) is 18.5 Å². The average Bonchev–Trinajstić information content (AvgIpc) is 3.54. The molecule has 0 radical (unpaired) electrons. The molecule has 0 aliphatic carbocycles. The fraction of sp³-hybridized carbons (Fsp3) is 0.0741. The first-order valence-corrected chi connectivity index (χ1v) is 11.3. The summed E-state index contributed by atoms with van der Waals surface area (Å²) in [6.07, 6.45) is 2.79. The highest BCUT2D eigenvalue weighted by Gasteiger charge is 2.15. The van der Waals surface area contributed by atoms with E-state index < -0.39 is 11.8 Å². The van der Waals surface area contributed by atoms with Crippen LogP contribution in [0, 0.1) is 13.8 Å². The zero-order chi connectivity index (χ0) is 25.1. The van der Waals surface area contributed by atoms with Crippen LogP contribution in [0.4, 0.5) is 11.6 Å². The Morgan fingerprint density at radius 1 is 0.667 bits per heavy atom. The molecule has 0 aliphatic heterocycles. The van der Waals surface area contributed by atoms with Crippen LogP contribution >= 0.6 is 0 Å². The number of nitrogens with one attached hydrogen (secondary N) is 4. The van der Waals surface area contributed by atoms with Gasteiger partial charge in [-0.15, -0.1) is 0 Å². The largest absolute Gasteiger partial charge is 0.305 e. The van der Waals surface area contributed by atoms with Gasteiger partial charge in [0.15, 0.2) is 11.6 Å². The molecule has 0 bridgehead atoms. The number of aromatic amines is 2. The number of benzene rings is 2. The summed E-state index contributed by atoms with van der Waals surface area (Å²) in [7, 11) is 0. The lowest BCUT2D eigenvalue weighted by molar-refractivity contribution is 0.102. The third-order valence-electron chi connectivity index (χ3n) is 5.77. The molecule has 0 spiro atoms. The molecule has 0 saturated heterocycles. The minimum atomic E-state index is -0.429. The van der Waals surface area contributed by atoms with Crippen LogP contribution in [0.1, 0.15) is 31.8 Å². The van der Waals surface area contributed by atoms with Gasteiger partial charge in [0.1, 0.15) is 0 Å². The molecule has 4 N–H and O–H groups in total. The Labute approximate surface area is 207 Å². The Morgan fingerprint density at radius 3 is 1.56 bits per heavy atom. The van der Waals surface area contributed by atoms with E-state index in [1.54, 1.807) is 12.1 Å². The fourth-order valence-corrected chi connectivity index (χ4v) is 3.86. The summed E-state index contributed by atoms with van der Waals surface area (Å²) in [6.45, 7) is 4.01. The van der Waals surface area contributed by atoms with Crippen molar-refractivity contribution in [1.82, 2.24) is 25.4 Å². The Bertz CT molecular complexity index is 1450. The summed E-state index contributed by atoms with van der Waals surface area (Å²) in [4.78, 5) is 29.7. The molecular formula is C27H23N7O2. The molecule has 0 atom stereocenters. The van der Waals surface area contributed by atoms with E-state index in [-0.39, 0.29) is 11.1 Å². The molecule has 178 valence electrons. The number of hydrogen-bond donors (Lipinski definition) is 4. The molecule has 9 nitrogen and oxygen atoms in total. The van der Waals surface area contributed by atoms with Crippen molar-refractivity contribution in [2.24, 2.45) is 0 Å². The first-order valence-electron chi connectivity index (χ1n) is 11.3. The van der Waals surface area contributed by atoms with Crippen molar-refractivity contribution in [1.29, 1.82) is 0 Å². The molecule has 5 rings (SSSR count). The summed E-state index contributed by atoms with van der Waals surface area (Å²) < 4.78 is 0. The predicted molar refractivity (Wildman–Crippen MR) is 138 cm³/mol. The van der Waals surface area contributed by atoms with Crippen molar-refractivity contribution < 1.29 is 9.59 Å². The number of rotatable bonds is 6. The van der Waals surface area contributed by atoms with Gasteiger partial charge in [-0.25, -0.2) is 0 Å². The maximum atomic E-state index is 12.8. The average molecular weight is 478 g/mol. The third kappa shape index (κ3) is 4.76. The van der Waals surface area contributed by atoms with Crippen molar-refractivity contribution in [2.45, 2.75) is 13.8 Å². The zero-order valence-electron chi connectivity index (χ0n) is 19.7. The second-order valence-electron chi connectivity index (χ2n) is 8.33. The lowest BCUT2D eigenvalue weighted by Crippen LogP contribution is -2.16. The number of pyridine rings is 1. The minimum Gasteiger partial charge on any atom is -0.305 e. The topological polar surface area (TPSA) is 128 Å². The molecular weight excluding hydrogens is 454 g/mol. The van der Waals surface area contributed by atoms with Crippen molar-refractivity contribution in [3.63, 3.8) is 0 Å². The SMILES string of the molecule is Cc1ccccc1-c1cc(NC(=O)c2cncc(C(=O)Nc3cc(-c4ccccc4C)[nH]n3)c2)n[nH]1. The highest BCUT2D eigenvalue weighted by molar-refractivity contribution is 6.08. The lowest BCUT2D eigenvalue weighted by atomic mass is 10.1. The molecule has 0 aliphatic rings. The maximum absolute atomic E-state index is 12.8. The monoisotopic (exact) mass is 477 g/mol. The number of anilines is 2. The summed E-state index contributed by atoms with van der Waals surface area (Å²) in [5.74, 6) is -0.120. The van der Waals surface area contributed by atoms with E-state index >= 15 is 0 Å². The highest BCUT2D eigenvalue weighted by atomic mass is 16.2. The molecule has 0 fully saturated rings. The number of carbonyl (C=O) groups is 2. The Balaban J connectivity index is 1.27. The number of carbonyl (C=O) groups excluding carboxylic acids is 2. The second-order valence-corrected chi connectivity index (χ2v) is 8.33. The van der Waals surface area contributed by atoms with Crippen LogP contribution in [0.5, 0.6) is 0 Å². The highest BCUT2D eigenvalue weighted by Crippen LogP contribution is 2.24. The molecule has 36 heavy (non-hydrogen) atoms. The Morgan fingerprint density at radius 2 is 1.11 bits per heavy atom. The van der Waals surface area contributed by atoms with Gasteiger partial charge in [0.05, 0.1) is 22.5 Å². The van der Waals surface area contributed by atoms with E-state index in [2.05, 4.69) is 36.0 Å². The molecule has 3 aromatic heterocycles. The first kappa shape index (κ1) is 22.7. The predicted octanol–water partition coefficient (Wildman–Crippen LogP) is 4.98. The van der Waals surface area contributed by atoms with E-state index in [9.17, 15) is 9.59 Å². The van der Waals surface area contributed by atoms with Crippen LogP contribution in [0.15, 0.2) is 79.1 Å². The number of amides is 2. The van der Waals surface area contributed by atoms with Crippen molar-refractivity contribution in [3.05, 3.63) is 101 Å². The van der Waals surface area contributed by atoms with Crippen LogP contribution < -0.4 is 10.6 Å². The number of H-pyrrole nitrogens is 2. The van der Waals surface area contributed by atoms with Crippen molar-refractivity contribution >= 4 is 23.5 Å². The molecule has 9 heteroatoms. The zero-order valence-corrected chi connectivity index (χ0v) is 19.7. The second kappa shape index (κ2) is 9.67. The number of aromatic nitrogens is 5. The van der Waals surface area contributed by atoms with Crippen LogP contribution in [-0.2, 0) is 0 Å². The van der Waals surface area contributed by atoms with Crippen LogP contribution in [0.2, 0.25) is 0 Å². The maximum Gasteiger partial charge on any atom is 0.258 e. The summed E-state index contributed by atoms with van der Waals surface area (Å²) in [5, 5.41) is 19.7. The number of hydrogen-bond acceptors (Lipinski definition) is 5. The van der Waals surface area contributed by atoms with Gasteiger partial charge in [0, 0.05) is 35.7 Å². The molecule has 0 unspecified atom stereocenters. The van der Waals surface area contributed by atoms with Gasteiger partial charge in [-0.05, 0) is 31.0 Å². The van der Waals surface area contributed by atoms with Gasteiger partial charge in [-0.2, -0.15) is 10.2 Å². The van der Waals surface area contributed by atoms with Crippen molar-refractivity contribution in [3.8, 4) is 22.5 Å². The molecule has 2 aromatic carbocycles. The van der Waals surface area contributed by atoms with Gasteiger partial charge >= 0.3 is 0 Å². The molecule has 3 heterocycles. The minimum absolute atomic E-state index is 0.228. The van der Waals surface area contributed by atoms with E-state index in [1.807, 2.05) is 62.4 Å². The molecule has 0 saturated carbocycles. The van der Waals surface area contributed by atoms with Crippen molar-refractivity contribution in [2.75, 3.05) is 10.6 Å². The van der Waals surface area contributed by atoms with Crippen LogP contribution in [0.25, 0.3) is 22.5 Å². The Kier molecular flexibility index (Phi) is 6.10. The van der Waals surface area contributed by atoms with Gasteiger partial charge in [-0.1, -0.05) is 48.5 Å². The van der Waals surface area contributed by atoms with Crippen LogP contribution in [-0.4, -0.2) is 37.2 Å². The third-order valence-corrected chi connectivity index (χ3v) is 5.77. The lowest BCUT2D eigenvalue weighted by Gasteiger charge is -2.05. The fourth-order valence-electron chi connectivity index (χ4n) is 3.86. The smallest absolute Gasteiger partial charge is 0.258 e. The summed E-state index contributed by atoms with van der Waals surface area (Å²) in [5.41, 5.74) is 6.20. The van der Waals surface area contributed by atoms with Gasteiger partial charge < -0.3 is 10.6 Å². The van der Waals surface area contributed by atoms with Gasteiger partial charge in [0.2, 0.25) is 0 Å². The standard InChI is InChI=1S/C27H23N7O2/c1-16-7-3-5-9-20(16)22-12-24(33-31-22)29-26(35)18-11-19(15-28-14-18)27(36)30-25-13-23(32-34-25)21-10-6-4-8-17(21)2/h3-15H,1-2H3,(H2,29,31,33,35)(H2,30,32,34,36). The van der Waals surface area contributed by atoms with E-state index in [0.717, 1.165) is 33.6 Å². The quantitative estimate of drug-likeness (QED) is 0.274. The number of nitrogens with zero attached hydrogens (tertiary/aromatic N) is 3. The summed E-state index contributed by atoms with van der Waals surface area (Å²) in [6, 6.07) is 20.8. The first-order chi connectivity index (χ1) is 17.5. The Hall–Kier alpha value is -5.05. The molecule has 2 amide bonds. The van der Waals surface area contributed by atoms with Gasteiger partial charge in [0.25, 0.3) is 11.8 Å². The van der Waals surface area contributed by atoms with E-state index in [0.29, 0.717) is 11.6 Å². The van der Waals surface area contributed by atoms with Gasteiger partial charge in [-0.3, -0.25) is 24.8 Å². The van der Waals surface area contributed by atoms with E-state index in [4.69, 9.17) is 0 Å². The number of aryl methyl sites for hydroxylation is 2.